The summed E-state index contributed by atoms with van der Waals surface area (Å²) in [5, 5.41) is 4.76. The predicted octanol–water partition coefficient (Wildman–Crippen LogP) is 2.27. The molecule has 2 rings (SSSR count). The zero-order valence-electron chi connectivity index (χ0n) is 10.6. The summed E-state index contributed by atoms with van der Waals surface area (Å²) in [5.41, 5.74) is 1.18. The first-order valence-corrected chi connectivity index (χ1v) is 6.37. The maximum absolute atomic E-state index is 11.5. The minimum absolute atomic E-state index is 0.208. The van der Waals surface area contributed by atoms with Crippen LogP contribution in [0.1, 0.15) is 17.9 Å². The number of hydrogen-bond acceptors (Lipinski definition) is 4. The summed E-state index contributed by atoms with van der Waals surface area (Å²) in [5.74, 6) is -0.137. The highest BCUT2D eigenvalue weighted by atomic mass is 35.5. The van der Waals surface area contributed by atoms with E-state index in [1.54, 1.807) is 0 Å². The number of ether oxygens (including phenoxy) is 1. The summed E-state index contributed by atoms with van der Waals surface area (Å²) in [4.78, 5) is 11.5. The van der Waals surface area contributed by atoms with Crippen LogP contribution in [0, 0.1) is 0 Å². The molecule has 0 spiro atoms. The largest absolute Gasteiger partial charge is 0.437 e. The van der Waals surface area contributed by atoms with Crippen molar-refractivity contribution in [3.8, 4) is 0 Å². The molecule has 0 N–H and O–H groups in total. The monoisotopic (exact) mass is 282 g/mol. The number of aryl methyl sites for hydroxylation is 2. The third-order valence-electron chi connectivity index (χ3n) is 2.66. The van der Waals surface area contributed by atoms with E-state index in [1.807, 2.05) is 24.3 Å². The molecule has 0 fully saturated rings. The van der Waals surface area contributed by atoms with Crippen LogP contribution in [0.3, 0.4) is 0 Å². The first-order chi connectivity index (χ1) is 9.19. The number of nitrogens with zero attached hydrogens (tertiary/aromatic N) is 2. The molecule has 0 bridgehead atoms. The molecule has 2 aromatic rings. The Morgan fingerprint density at radius 2 is 2.11 bits per heavy atom. The van der Waals surface area contributed by atoms with E-state index < -0.39 is 5.76 Å². The lowest BCUT2D eigenvalue weighted by Crippen LogP contribution is -2.16. The minimum Gasteiger partial charge on any atom is -0.390 e. The second kappa shape index (κ2) is 6.54. The van der Waals surface area contributed by atoms with Gasteiger partial charge in [0, 0.05) is 18.7 Å². The van der Waals surface area contributed by atoms with Gasteiger partial charge in [0.05, 0.1) is 0 Å². The van der Waals surface area contributed by atoms with Gasteiger partial charge in [0.2, 0.25) is 5.89 Å². The number of benzene rings is 1. The van der Waals surface area contributed by atoms with E-state index in [2.05, 4.69) is 5.10 Å². The lowest BCUT2D eigenvalue weighted by molar-refractivity contribution is 0.158. The maximum Gasteiger partial charge on any atom is 0.437 e. The highest BCUT2D eigenvalue weighted by Crippen LogP contribution is 2.11. The van der Waals surface area contributed by atoms with Gasteiger partial charge in [0.15, 0.2) is 0 Å². The van der Waals surface area contributed by atoms with Crippen LogP contribution in [-0.4, -0.2) is 16.9 Å². The fraction of sp³-hybridized carbons (Fsp3) is 0.385. The zero-order valence-corrected chi connectivity index (χ0v) is 11.4. The fourth-order valence-corrected chi connectivity index (χ4v) is 1.88. The molecule has 0 saturated carbocycles. The van der Waals surface area contributed by atoms with Gasteiger partial charge in [0.25, 0.3) is 0 Å². The van der Waals surface area contributed by atoms with Gasteiger partial charge < -0.3 is 9.15 Å². The predicted molar refractivity (Wildman–Crippen MR) is 71.2 cm³/mol. The average Bonchev–Trinajstić information content (AvgIpc) is 2.73. The summed E-state index contributed by atoms with van der Waals surface area (Å²) in [6, 6.07) is 7.67. The van der Waals surface area contributed by atoms with Gasteiger partial charge in [-0.1, -0.05) is 23.7 Å². The Labute approximate surface area is 115 Å². The number of methoxy groups -OCH3 is 1. The van der Waals surface area contributed by atoms with E-state index in [4.69, 9.17) is 20.8 Å². The summed E-state index contributed by atoms with van der Waals surface area (Å²) in [6.45, 7) is 0.730. The Kier molecular flexibility index (Phi) is 4.76. The molecule has 19 heavy (non-hydrogen) atoms. The van der Waals surface area contributed by atoms with Crippen LogP contribution in [0.5, 0.6) is 0 Å². The van der Waals surface area contributed by atoms with Crippen LogP contribution in [0.2, 0.25) is 5.02 Å². The van der Waals surface area contributed by atoms with Crippen molar-refractivity contribution >= 4 is 11.6 Å². The highest BCUT2D eigenvalue weighted by Gasteiger charge is 2.07. The Bertz CT molecular complexity index is 574. The summed E-state index contributed by atoms with van der Waals surface area (Å²) in [7, 11) is 1.53. The van der Waals surface area contributed by atoms with Gasteiger partial charge in [-0.3, -0.25) is 0 Å². The van der Waals surface area contributed by atoms with Gasteiger partial charge >= 0.3 is 5.76 Å². The van der Waals surface area contributed by atoms with Crippen molar-refractivity contribution in [3.05, 3.63) is 51.3 Å². The number of rotatable bonds is 6. The van der Waals surface area contributed by atoms with Crippen LogP contribution in [0.15, 0.2) is 33.5 Å². The Morgan fingerprint density at radius 1 is 1.37 bits per heavy atom. The second-order valence-corrected chi connectivity index (χ2v) is 4.58. The summed E-state index contributed by atoms with van der Waals surface area (Å²) >= 11 is 5.82. The molecule has 1 heterocycles. The van der Waals surface area contributed by atoms with Gasteiger partial charge in [-0.2, -0.15) is 4.68 Å². The number of aromatic nitrogens is 2. The molecule has 6 heteroatoms. The molecule has 0 unspecified atom stereocenters. The Morgan fingerprint density at radius 3 is 2.79 bits per heavy atom. The molecule has 0 aliphatic carbocycles. The number of halogens is 1. The van der Waals surface area contributed by atoms with Gasteiger partial charge in [-0.05, 0) is 30.5 Å². The van der Waals surface area contributed by atoms with E-state index in [1.165, 1.54) is 17.4 Å². The van der Waals surface area contributed by atoms with Crippen molar-refractivity contribution in [2.75, 3.05) is 7.11 Å². The van der Waals surface area contributed by atoms with Gasteiger partial charge in [0.1, 0.15) is 6.61 Å². The van der Waals surface area contributed by atoms with Crippen LogP contribution in [0.4, 0.5) is 0 Å². The average molecular weight is 283 g/mol. The van der Waals surface area contributed by atoms with E-state index in [9.17, 15) is 4.79 Å². The van der Waals surface area contributed by atoms with Crippen molar-refractivity contribution in [1.82, 2.24) is 9.78 Å². The normalized spacial score (nSPS) is 10.8. The lowest BCUT2D eigenvalue weighted by Gasteiger charge is -2.01. The molecule has 0 radical (unpaired) electrons. The molecule has 0 aliphatic heterocycles. The third kappa shape index (κ3) is 3.94. The first-order valence-electron chi connectivity index (χ1n) is 5.99. The van der Waals surface area contributed by atoms with Crippen molar-refractivity contribution in [3.63, 3.8) is 0 Å². The van der Waals surface area contributed by atoms with Crippen molar-refractivity contribution < 1.29 is 9.15 Å². The molecule has 1 aromatic heterocycles. The van der Waals surface area contributed by atoms with Crippen LogP contribution < -0.4 is 5.76 Å². The molecular weight excluding hydrogens is 268 g/mol. The van der Waals surface area contributed by atoms with Crippen molar-refractivity contribution in [2.45, 2.75) is 26.0 Å². The molecule has 102 valence electrons. The smallest absolute Gasteiger partial charge is 0.390 e. The zero-order chi connectivity index (χ0) is 13.7. The highest BCUT2D eigenvalue weighted by molar-refractivity contribution is 6.30. The van der Waals surface area contributed by atoms with E-state index in [0.717, 1.165) is 17.9 Å². The van der Waals surface area contributed by atoms with Crippen LogP contribution >= 0.6 is 11.6 Å². The molecule has 0 aliphatic rings. The van der Waals surface area contributed by atoms with Gasteiger partial charge in [-0.15, -0.1) is 5.10 Å². The minimum atomic E-state index is -0.442. The van der Waals surface area contributed by atoms with Crippen molar-refractivity contribution in [1.29, 1.82) is 0 Å². The Hall–Kier alpha value is -1.59. The standard InChI is InChI=1S/C13H15ClN2O3/c1-18-9-12-15-16(13(17)19-12)8-2-3-10-4-6-11(14)7-5-10/h4-7H,2-3,8-9H2,1H3. The third-order valence-corrected chi connectivity index (χ3v) is 2.92. The Balaban J connectivity index is 1.88. The summed E-state index contributed by atoms with van der Waals surface area (Å²) < 4.78 is 11.1. The van der Waals surface area contributed by atoms with E-state index in [-0.39, 0.29) is 6.61 Å². The molecule has 0 amide bonds. The van der Waals surface area contributed by atoms with E-state index >= 15 is 0 Å². The van der Waals surface area contributed by atoms with Crippen LogP contribution in [-0.2, 0) is 24.3 Å². The second-order valence-electron chi connectivity index (χ2n) is 4.15. The lowest BCUT2D eigenvalue weighted by atomic mass is 10.1. The SMILES string of the molecule is COCc1nn(CCCc2ccc(Cl)cc2)c(=O)o1. The molecule has 0 saturated heterocycles. The maximum atomic E-state index is 11.5. The molecule has 1 aromatic carbocycles. The van der Waals surface area contributed by atoms with Gasteiger partial charge in [-0.25, -0.2) is 4.79 Å². The molecule has 0 atom stereocenters. The molecular formula is C13H15ClN2O3. The number of hydrogen-bond donors (Lipinski definition) is 0. The van der Waals surface area contributed by atoms with Crippen LogP contribution in [0.25, 0.3) is 0 Å². The molecule has 5 nitrogen and oxygen atoms in total. The quantitative estimate of drug-likeness (QED) is 0.815. The fourth-order valence-electron chi connectivity index (χ4n) is 1.76. The van der Waals surface area contributed by atoms with E-state index in [0.29, 0.717) is 12.4 Å². The topological polar surface area (TPSA) is 57.3 Å². The summed E-state index contributed by atoms with van der Waals surface area (Å²) in [6.07, 6.45) is 1.66. The van der Waals surface area contributed by atoms with Crippen molar-refractivity contribution in [2.24, 2.45) is 0 Å². The first kappa shape index (κ1) is 13.8.